The van der Waals surface area contributed by atoms with E-state index in [0.717, 1.165) is 81.9 Å². The third kappa shape index (κ3) is 8.79. The van der Waals surface area contributed by atoms with Crippen LogP contribution in [0, 0.1) is 13.8 Å². The van der Waals surface area contributed by atoms with Crippen molar-refractivity contribution >= 4 is 35.0 Å². The zero-order valence-corrected chi connectivity index (χ0v) is 33.4. The molecule has 292 valence electrons. The summed E-state index contributed by atoms with van der Waals surface area (Å²) < 4.78 is 13.3. The first-order valence-electron chi connectivity index (χ1n) is 19.9. The van der Waals surface area contributed by atoms with Crippen molar-refractivity contribution in [2.24, 2.45) is 0 Å². The molecule has 1 fully saturated rings. The molecule has 0 aliphatic carbocycles. The van der Waals surface area contributed by atoms with Gasteiger partial charge in [0.05, 0.1) is 29.9 Å². The predicted molar refractivity (Wildman–Crippen MR) is 220 cm³/mol. The number of ether oxygens (including phenoxy) is 2. The van der Waals surface area contributed by atoms with Crippen molar-refractivity contribution in [1.29, 1.82) is 0 Å². The number of carbonyl (C=O) groups is 4. The summed E-state index contributed by atoms with van der Waals surface area (Å²) in [5, 5.41) is 3.33. The number of carbonyl (C=O) groups excluding carboxylic acids is 4. The highest BCUT2D eigenvalue weighted by molar-refractivity contribution is 6.28. The molecule has 9 heteroatoms. The Morgan fingerprint density at radius 3 is 1.95 bits per heavy atom. The van der Waals surface area contributed by atoms with E-state index >= 15 is 0 Å². The van der Waals surface area contributed by atoms with Crippen molar-refractivity contribution in [3.63, 3.8) is 0 Å². The number of amides is 4. The van der Waals surface area contributed by atoms with E-state index in [9.17, 15) is 19.2 Å². The number of anilines is 2. The summed E-state index contributed by atoms with van der Waals surface area (Å²) in [5.74, 6) is 0.479. The zero-order valence-electron chi connectivity index (χ0n) is 33.4. The lowest BCUT2D eigenvalue weighted by Crippen LogP contribution is -2.38. The number of aryl methyl sites for hydroxylation is 2. The number of rotatable bonds is 17. The molecular formula is C47H53N3O6. The van der Waals surface area contributed by atoms with E-state index < -0.39 is 11.6 Å². The number of hydrogen-bond acceptors (Lipinski definition) is 7. The van der Waals surface area contributed by atoms with Gasteiger partial charge in [-0.3, -0.25) is 19.2 Å². The van der Waals surface area contributed by atoms with Crippen LogP contribution in [0.1, 0.15) is 99.6 Å². The van der Waals surface area contributed by atoms with Crippen LogP contribution in [-0.4, -0.2) is 35.8 Å². The van der Waals surface area contributed by atoms with Gasteiger partial charge in [0.25, 0.3) is 17.7 Å². The quantitative estimate of drug-likeness (QED) is 0.107. The second-order valence-electron chi connectivity index (χ2n) is 15.1. The lowest BCUT2D eigenvalue weighted by Gasteiger charge is -2.35. The third-order valence-corrected chi connectivity index (χ3v) is 10.7. The second-order valence-corrected chi connectivity index (χ2v) is 15.1. The molecular weight excluding hydrogens is 703 g/mol. The number of hydrogen-bond donors (Lipinski definition) is 1. The van der Waals surface area contributed by atoms with Crippen LogP contribution in [0.3, 0.4) is 0 Å². The molecule has 4 amide bonds. The molecule has 56 heavy (non-hydrogen) atoms. The molecule has 0 saturated carbocycles. The molecule has 6 rings (SSSR count). The Labute approximate surface area is 330 Å². The topological polar surface area (TPSA) is 105 Å². The van der Waals surface area contributed by atoms with Crippen LogP contribution in [0.2, 0.25) is 0 Å². The number of imide groups is 2. The van der Waals surface area contributed by atoms with Crippen LogP contribution in [0.4, 0.5) is 11.4 Å². The summed E-state index contributed by atoms with van der Waals surface area (Å²) in [6.07, 6.45) is 8.04. The minimum atomic E-state index is -0.642. The molecule has 4 aromatic carbocycles. The van der Waals surface area contributed by atoms with Gasteiger partial charge in [0.1, 0.15) is 17.1 Å². The van der Waals surface area contributed by atoms with E-state index in [1.807, 2.05) is 48.5 Å². The van der Waals surface area contributed by atoms with Crippen molar-refractivity contribution in [3.05, 3.63) is 130 Å². The van der Waals surface area contributed by atoms with Crippen molar-refractivity contribution in [3.8, 4) is 11.5 Å². The predicted octanol–water partition coefficient (Wildman–Crippen LogP) is 8.80. The van der Waals surface area contributed by atoms with Crippen LogP contribution in [0.5, 0.6) is 11.5 Å². The van der Waals surface area contributed by atoms with Gasteiger partial charge in [0, 0.05) is 18.7 Å². The maximum absolute atomic E-state index is 13.5. The lowest BCUT2D eigenvalue weighted by atomic mass is 9.84. The molecule has 4 aromatic rings. The number of nitrogens with zero attached hydrogens (tertiary/aromatic N) is 2. The molecule has 2 aliphatic heterocycles. The highest BCUT2D eigenvalue weighted by Gasteiger charge is 2.39. The summed E-state index contributed by atoms with van der Waals surface area (Å²) in [4.78, 5) is 53.1. The van der Waals surface area contributed by atoms with Gasteiger partial charge in [-0.25, -0.2) is 9.80 Å². The minimum Gasteiger partial charge on any atom is -0.490 e. The van der Waals surface area contributed by atoms with E-state index in [-0.39, 0.29) is 36.2 Å². The lowest BCUT2D eigenvalue weighted by molar-refractivity contribution is -0.122. The summed E-state index contributed by atoms with van der Waals surface area (Å²) in [5.41, 5.74) is 6.83. The van der Waals surface area contributed by atoms with Gasteiger partial charge < -0.3 is 14.8 Å². The van der Waals surface area contributed by atoms with Crippen LogP contribution in [0.15, 0.2) is 97.1 Å². The minimum absolute atomic E-state index is 0.0751. The monoisotopic (exact) mass is 755 g/mol. The van der Waals surface area contributed by atoms with Crippen molar-refractivity contribution in [2.45, 2.75) is 111 Å². The molecule has 2 heterocycles. The second kappa shape index (κ2) is 17.5. The average Bonchev–Trinajstić information content (AvgIpc) is 3.67. The molecule has 2 aliphatic rings. The first-order valence-corrected chi connectivity index (χ1v) is 19.9. The molecule has 3 unspecified atom stereocenters. The molecule has 1 saturated heterocycles. The Balaban J connectivity index is 1.08. The molecule has 0 spiro atoms. The number of nitrogens with one attached hydrogen (secondary N) is 1. The van der Waals surface area contributed by atoms with Crippen molar-refractivity contribution < 1.29 is 28.7 Å². The maximum atomic E-state index is 13.5. The average molecular weight is 756 g/mol. The summed E-state index contributed by atoms with van der Waals surface area (Å²) in [7, 11) is 0. The van der Waals surface area contributed by atoms with Gasteiger partial charge in [-0.1, -0.05) is 70.0 Å². The van der Waals surface area contributed by atoms with E-state index in [0.29, 0.717) is 24.3 Å². The SMILES string of the molecule is CCCC(C)Oc1c(C)cc(C(CC)(CCC)Oc2cccc(CNC3CC(=O)N(c4ccc(Cc5ccc(N6C(=O)C=CC6=O)cc5)cc4)C3=O)c2)cc1C. The Morgan fingerprint density at radius 1 is 0.768 bits per heavy atom. The fourth-order valence-electron chi connectivity index (χ4n) is 7.84. The van der Waals surface area contributed by atoms with Gasteiger partial charge in [0.2, 0.25) is 5.91 Å². The van der Waals surface area contributed by atoms with Crippen LogP contribution >= 0.6 is 0 Å². The van der Waals surface area contributed by atoms with Gasteiger partial charge >= 0.3 is 0 Å². The summed E-state index contributed by atoms with van der Waals surface area (Å²) >= 11 is 0. The Hall–Kier alpha value is -5.54. The first kappa shape index (κ1) is 40.1. The van der Waals surface area contributed by atoms with Crippen LogP contribution in [-0.2, 0) is 37.7 Å². The zero-order chi connectivity index (χ0) is 40.0. The maximum Gasteiger partial charge on any atom is 0.258 e. The van der Waals surface area contributed by atoms with Gasteiger partial charge in [-0.05, 0) is 128 Å². The van der Waals surface area contributed by atoms with E-state index in [4.69, 9.17) is 9.47 Å². The normalized spacial score (nSPS) is 17.1. The van der Waals surface area contributed by atoms with Crippen molar-refractivity contribution in [1.82, 2.24) is 5.32 Å². The first-order chi connectivity index (χ1) is 26.9. The van der Waals surface area contributed by atoms with Crippen LogP contribution in [0.25, 0.3) is 0 Å². The van der Waals surface area contributed by atoms with E-state index in [1.54, 1.807) is 24.3 Å². The van der Waals surface area contributed by atoms with Gasteiger partial charge in [0.15, 0.2) is 0 Å². The highest BCUT2D eigenvalue weighted by atomic mass is 16.5. The largest absolute Gasteiger partial charge is 0.490 e. The van der Waals surface area contributed by atoms with Crippen LogP contribution < -0.4 is 24.6 Å². The third-order valence-electron chi connectivity index (χ3n) is 10.7. The number of benzene rings is 4. The highest BCUT2D eigenvalue weighted by Crippen LogP contribution is 2.39. The van der Waals surface area contributed by atoms with Gasteiger partial charge in [-0.15, -0.1) is 0 Å². The Kier molecular flexibility index (Phi) is 12.5. The molecule has 0 bridgehead atoms. The fraction of sp³-hybridized carbons (Fsp3) is 0.362. The van der Waals surface area contributed by atoms with Gasteiger partial charge in [-0.2, -0.15) is 0 Å². The molecule has 1 N–H and O–H groups in total. The van der Waals surface area contributed by atoms with Crippen molar-refractivity contribution in [2.75, 3.05) is 9.80 Å². The molecule has 3 atom stereocenters. The smallest absolute Gasteiger partial charge is 0.258 e. The molecule has 0 radical (unpaired) electrons. The molecule has 9 nitrogen and oxygen atoms in total. The standard InChI is InChI=1S/C47H53N3O6/c1-7-11-33(6)55-45-31(4)25-37(26-32(45)5)47(9-3,24-8-2)56-40-13-10-12-36(28-40)30-48-41-29-44(53)50(46(41)54)39-20-16-35(17-21-39)27-34-14-18-38(19-15-34)49-42(51)22-23-43(49)52/h10,12-23,25-26,28,33,41,48H,7-9,11,24,27,29-30H2,1-6H3. The molecule has 0 aromatic heterocycles. The summed E-state index contributed by atoms with van der Waals surface area (Å²) in [6, 6.07) is 26.4. The fourth-order valence-corrected chi connectivity index (χ4v) is 7.84. The summed E-state index contributed by atoms with van der Waals surface area (Å²) in [6.45, 7) is 13.3. The van der Waals surface area contributed by atoms with E-state index in [1.165, 1.54) is 17.1 Å². The van der Waals surface area contributed by atoms with E-state index in [2.05, 4.69) is 59.0 Å². The Bertz CT molecular complexity index is 2070. The Morgan fingerprint density at radius 2 is 1.38 bits per heavy atom.